The van der Waals surface area contributed by atoms with Gasteiger partial charge in [-0.2, -0.15) is 17.5 Å². The number of benzene rings is 2. The Morgan fingerprint density at radius 3 is 0.872 bits per heavy atom. The third-order valence-electron chi connectivity index (χ3n) is 18.8. The van der Waals surface area contributed by atoms with Crippen molar-refractivity contribution in [3.8, 4) is 40.4 Å². The van der Waals surface area contributed by atoms with Crippen LogP contribution in [0.1, 0.15) is 305 Å². The number of thiophene rings is 4. The second-order valence-electron chi connectivity index (χ2n) is 26.2. The van der Waals surface area contributed by atoms with Crippen LogP contribution in [0.2, 0.25) is 0 Å². The monoisotopic (exact) mass is 1270 g/mol. The number of nitrogens with zero attached hydrogens (tertiary/aromatic N) is 4. The zero-order chi connectivity index (χ0) is 60.0. The van der Waals surface area contributed by atoms with Crippen LogP contribution in [0.25, 0.3) is 73.2 Å². The molecular formula is C76H112N4S6. The van der Waals surface area contributed by atoms with Gasteiger partial charge in [-0.25, -0.2) is 0 Å². The van der Waals surface area contributed by atoms with Crippen LogP contribution < -0.4 is 0 Å². The fraction of sp³-hybridized carbons (Fsp3) is 0.658. The number of aromatic nitrogens is 4. The molecule has 0 fully saturated rings. The summed E-state index contributed by atoms with van der Waals surface area (Å²) in [6.45, 7) is 13.9. The maximum Gasteiger partial charge on any atom is 0.114 e. The maximum atomic E-state index is 5.08. The van der Waals surface area contributed by atoms with E-state index in [-0.39, 0.29) is 0 Å². The number of rotatable bonds is 48. The molecule has 8 aromatic rings. The summed E-state index contributed by atoms with van der Waals surface area (Å²) in [7, 11) is 0. The lowest BCUT2D eigenvalue weighted by molar-refractivity contribution is 0.400. The summed E-state index contributed by atoms with van der Waals surface area (Å²) in [5.41, 5.74) is 9.42. The predicted octanol–water partition coefficient (Wildman–Crippen LogP) is 28.4. The second kappa shape index (κ2) is 39.4. The van der Waals surface area contributed by atoms with Gasteiger partial charge in [0.25, 0.3) is 0 Å². The Morgan fingerprint density at radius 1 is 0.302 bits per heavy atom. The Balaban J connectivity index is 0.966. The number of hydrogen-bond donors (Lipinski definition) is 0. The van der Waals surface area contributed by atoms with Crippen LogP contribution in [0.15, 0.2) is 48.5 Å². The van der Waals surface area contributed by atoms with Crippen molar-refractivity contribution in [2.24, 2.45) is 11.8 Å². The molecule has 0 saturated heterocycles. The molecule has 0 amide bonds. The Hall–Kier alpha value is -2.86. The van der Waals surface area contributed by atoms with E-state index in [0.717, 1.165) is 55.8 Å². The van der Waals surface area contributed by atoms with Crippen LogP contribution in [0.5, 0.6) is 0 Å². The summed E-state index contributed by atoms with van der Waals surface area (Å²) in [5, 5.41) is 2.26. The highest BCUT2D eigenvalue weighted by atomic mass is 32.1. The number of aryl methyl sites for hydroxylation is 2. The summed E-state index contributed by atoms with van der Waals surface area (Å²) in [6, 6.07) is 19.3. The number of fused-ring (bicyclic) bond motifs is 5. The SMILES string of the molecule is CCCCCCCCCCCCC(CCCCCCCCCC)Cc1cc(C)sc1-c1ccc(-c2cc3c(cc(-c4ccc(-c5sc(C)cc5CC(CCCCCCCCCC)CCCCCCCCCCCC)s4)c4nsnc43)c3nsnc23)s1. The Labute approximate surface area is 547 Å². The molecule has 472 valence electrons. The van der Waals surface area contributed by atoms with Crippen molar-refractivity contribution in [1.82, 2.24) is 17.5 Å². The predicted molar refractivity (Wildman–Crippen MR) is 390 cm³/mol. The van der Waals surface area contributed by atoms with E-state index < -0.39 is 0 Å². The van der Waals surface area contributed by atoms with Gasteiger partial charge in [-0.05, 0) is 98.2 Å². The quantitative estimate of drug-likeness (QED) is 0.0357. The topological polar surface area (TPSA) is 51.6 Å². The summed E-state index contributed by atoms with van der Waals surface area (Å²) in [6.07, 6.45) is 58.3. The summed E-state index contributed by atoms with van der Waals surface area (Å²) in [4.78, 5) is 11.1. The van der Waals surface area contributed by atoms with Gasteiger partial charge in [0.05, 0.1) is 23.5 Å². The van der Waals surface area contributed by atoms with Crippen molar-refractivity contribution in [2.45, 2.75) is 311 Å². The van der Waals surface area contributed by atoms with Crippen LogP contribution in [-0.2, 0) is 12.8 Å². The van der Waals surface area contributed by atoms with E-state index in [1.54, 1.807) is 11.1 Å². The molecule has 0 N–H and O–H groups in total. The van der Waals surface area contributed by atoms with Crippen molar-refractivity contribution in [1.29, 1.82) is 0 Å². The molecule has 2 atom stereocenters. The minimum absolute atomic E-state index is 0.755. The average molecular weight is 1270 g/mol. The molecule has 86 heavy (non-hydrogen) atoms. The van der Waals surface area contributed by atoms with Gasteiger partial charge in [-0.3, -0.25) is 0 Å². The molecule has 0 radical (unpaired) electrons. The van der Waals surface area contributed by atoms with Crippen LogP contribution in [0, 0.1) is 25.7 Å². The number of hydrogen-bond acceptors (Lipinski definition) is 10. The van der Waals surface area contributed by atoms with Gasteiger partial charge >= 0.3 is 0 Å². The van der Waals surface area contributed by atoms with Crippen molar-refractivity contribution >= 4 is 102 Å². The molecule has 8 rings (SSSR count). The molecule has 10 heteroatoms. The molecule has 0 saturated carbocycles. The Bertz CT molecular complexity index is 2900. The molecule has 0 bridgehead atoms. The summed E-state index contributed by atoms with van der Waals surface area (Å²) >= 11 is 10.6. The molecule has 4 nitrogen and oxygen atoms in total. The third kappa shape index (κ3) is 21.7. The highest BCUT2D eigenvalue weighted by Gasteiger charge is 2.24. The van der Waals surface area contributed by atoms with Gasteiger partial charge in [-0.15, -0.1) is 45.3 Å². The largest absolute Gasteiger partial charge is 0.172 e. The second-order valence-corrected chi connectivity index (χ2v) is 32.0. The van der Waals surface area contributed by atoms with Gasteiger partial charge < -0.3 is 0 Å². The first kappa shape index (κ1) is 69.0. The maximum absolute atomic E-state index is 5.08. The van der Waals surface area contributed by atoms with Crippen LogP contribution in [0.3, 0.4) is 0 Å². The van der Waals surface area contributed by atoms with E-state index in [1.165, 1.54) is 332 Å². The summed E-state index contributed by atoms with van der Waals surface area (Å²) in [5.74, 6) is 1.51. The van der Waals surface area contributed by atoms with Crippen molar-refractivity contribution < 1.29 is 0 Å². The lowest BCUT2D eigenvalue weighted by Crippen LogP contribution is -2.05. The van der Waals surface area contributed by atoms with Gasteiger partial charge in [0.2, 0.25) is 0 Å². The Morgan fingerprint density at radius 2 is 0.570 bits per heavy atom. The van der Waals surface area contributed by atoms with Gasteiger partial charge in [0.15, 0.2) is 0 Å². The van der Waals surface area contributed by atoms with Crippen LogP contribution in [0.4, 0.5) is 0 Å². The van der Waals surface area contributed by atoms with Crippen molar-refractivity contribution in [3.05, 3.63) is 69.4 Å². The molecule has 0 aliphatic rings. The highest BCUT2D eigenvalue weighted by molar-refractivity contribution is 7.24. The standard InChI is InChI=1S/C76H112N4S6/c1-7-11-15-19-23-27-29-33-37-41-45-59(43-39-35-31-25-21-17-13-9-3)53-61-51-57(5)81-75(61)69-49-47-67(83-69)65-55-63-64(71-73(65)79-85-77-71)56-66(74-72(63)78-86-80-74)68-48-50-70(84-68)76-62(52-58(6)82-76)54-60(44-40-36-32-26-22-18-14-10-4)46-42-38-34-30-28-24-20-16-12-8-2/h47-52,55-56,59-60H,7-46,53-54H2,1-6H3. The first-order valence-electron chi connectivity index (χ1n) is 35.6. The molecule has 0 spiro atoms. The zero-order valence-electron chi connectivity index (χ0n) is 54.7. The molecule has 0 aliphatic heterocycles. The first-order valence-corrected chi connectivity index (χ1v) is 40.4. The minimum atomic E-state index is 0.755. The molecule has 6 aromatic heterocycles. The summed E-state index contributed by atoms with van der Waals surface area (Å²) < 4.78 is 20.3. The first-order chi connectivity index (χ1) is 42.4. The van der Waals surface area contributed by atoms with Crippen molar-refractivity contribution in [2.75, 3.05) is 0 Å². The molecule has 2 aromatic carbocycles. The van der Waals surface area contributed by atoms with Gasteiger partial charge in [0, 0.05) is 60.9 Å². The Kier molecular flexibility index (Phi) is 31.6. The minimum Gasteiger partial charge on any atom is -0.172 e. The molecule has 6 heterocycles. The van der Waals surface area contributed by atoms with Crippen molar-refractivity contribution in [3.63, 3.8) is 0 Å². The van der Waals surface area contributed by atoms with Crippen LogP contribution in [-0.4, -0.2) is 17.5 Å². The van der Waals surface area contributed by atoms with E-state index in [1.807, 2.05) is 45.3 Å². The van der Waals surface area contributed by atoms with Gasteiger partial charge in [-0.1, -0.05) is 285 Å². The number of unbranched alkanes of at least 4 members (excludes halogenated alkanes) is 32. The van der Waals surface area contributed by atoms with E-state index in [0.29, 0.717) is 0 Å². The molecule has 2 unspecified atom stereocenters. The fourth-order valence-electron chi connectivity index (χ4n) is 13.8. The molecular weight excluding hydrogens is 1160 g/mol. The average Bonchev–Trinajstić information content (AvgIpc) is 1.62. The smallest absolute Gasteiger partial charge is 0.114 e. The lowest BCUT2D eigenvalue weighted by atomic mass is 9.88. The highest BCUT2D eigenvalue weighted by Crippen LogP contribution is 2.48. The fourth-order valence-corrected chi connectivity index (χ4v) is 19.4. The normalized spacial score (nSPS) is 12.8. The van der Waals surface area contributed by atoms with E-state index in [2.05, 4.69) is 90.1 Å². The third-order valence-corrected chi connectivity index (χ3v) is 24.6. The van der Waals surface area contributed by atoms with Crippen LogP contribution >= 0.6 is 68.8 Å². The van der Waals surface area contributed by atoms with E-state index in [4.69, 9.17) is 17.5 Å². The molecule has 0 aliphatic carbocycles. The zero-order valence-corrected chi connectivity index (χ0v) is 59.6. The van der Waals surface area contributed by atoms with E-state index in [9.17, 15) is 0 Å². The lowest BCUT2D eigenvalue weighted by Gasteiger charge is -2.17. The van der Waals surface area contributed by atoms with E-state index >= 15 is 0 Å². The van der Waals surface area contributed by atoms with Gasteiger partial charge in [0.1, 0.15) is 22.1 Å².